The summed E-state index contributed by atoms with van der Waals surface area (Å²) in [5.74, 6) is 4.62. The number of anilines is 1. The van der Waals surface area contributed by atoms with Crippen LogP contribution < -0.4 is 27.2 Å². The monoisotopic (exact) mass is 423 g/mol. The number of amides is 3. The molecule has 0 saturated heterocycles. The molecule has 0 unspecified atom stereocenters. The van der Waals surface area contributed by atoms with Crippen LogP contribution in [0.5, 0.6) is 0 Å². The predicted octanol–water partition coefficient (Wildman–Crippen LogP) is 0.197. The summed E-state index contributed by atoms with van der Waals surface area (Å²) in [4.78, 5) is 35.3. The van der Waals surface area contributed by atoms with Gasteiger partial charge in [-0.25, -0.2) is 5.48 Å². The van der Waals surface area contributed by atoms with Crippen molar-refractivity contribution in [2.24, 2.45) is 5.73 Å². The van der Waals surface area contributed by atoms with Crippen LogP contribution >= 0.6 is 0 Å². The summed E-state index contributed by atoms with van der Waals surface area (Å²) in [6.07, 6.45) is 0. The summed E-state index contributed by atoms with van der Waals surface area (Å²) in [6.45, 7) is 2.76. The van der Waals surface area contributed by atoms with Crippen molar-refractivity contribution < 1.29 is 19.6 Å². The number of hydrogen-bond donors (Lipinski definition) is 6. The summed E-state index contributed by atoms with van der Waals surface area (Å²) >= 11 is 0. The van der Waals surface area contributed by atoms with E-state index in [1.165, 1.54) is 5.48 Å². The van der Waals surface area contributed by atoms with Gasteiger partial charge in [-0.2, -0.15) is 0 Å². The maximum atomic E-state index is 12.2. The summed E-state index contributed by atoms with van der Waals surface area (Å²) in [5.41, 5.74) is 9.36. The number of hydrogen-bond acceptors (Lipinski definition) is 6. The van der Waals surface area contributed by atoms with Crippen LogP contribution in [0.25, 0.3) is 0 Å². The third-order valence-electron chi connectivity index (χ3n) is 4.17. The van der Waals surface area contributed by atoms with E-state index in [0.717, 1.165) is 12.1 Å². The lowest BCUT2D eigenvalue weighted by Crippen LogP contribution is -2.50. The second kappa shape index (κ2) is 12.1. The Morgan fingerprint density at radius 2 is 1.58 bits per heavy atom. The maximum Gasteiger partial charge on any atom is 0.267 e. The smallest absolute Gasteiger partial charge is 0.267 e. The van der Waals surface area contributed by atoms with Gasteiger partial charge in [0.2, 0.25) is 5.91 Å². The molecule has 1 atom stereocenters. The number of carbonyl (C=O) groups excluding carboxylic acids is 3. The van der Waals surface area contributed by atoms with Crippen LogP contribution in [0.2, 0.25) is 0 Å². The molecule has 2 aromatic rings. The lowest BCUT2D eigenvalue weighted by atomic mass is 10.1. The first kappa shape index (κ1) is 23.6. The van der Waals surface area contributed by atoms with Gasteiger partial charge in [-0.3, -0.25) is 19.6 Å². The highest BCUT2D eigenvalue weighted by atomic mass is 16.5. The van der Waals surface area contributed by atoms with E-state index >= 15 is 0 Å². The number of carbonyl (C=O) groups is 3. The molecule has 0 aliphatic carbocycles. The summed E-state index contributed by atoms with van der Waals surface area (Å²) < 4.78 is 0. The van der Waals surface area contributed by atoms with Gasteiger partial charge < -0.3 is 21.7 Å². The number of nitrogens with one attached hydrogen (secondary N) is 4. The Hall–Kier alpha value is -3.71. The number of hydroxylamine groups is 1. The van der Waals surface area contributed by atoms with Crippen molar-refractivity contribution in [1.82, 2.24) is 16.1 Å². The molecule has 31 heavy (non-hydrogen) atoms. The first-order chi connectivity index (χ1) is 15.0. The third-order valence-corrected chi connectivity index (χ3v) is 4.17. The van der Waals surface area contributed by atoms with Crippen LogP contribution in [0.15, 0.2) is 48.5 Å². The molecule has 0 aliphatic heterocycles. The summed E-state index contributed by atoms with van der Waals surface area (Å²) in [6, 6.07) is 12.6. The molecule has 9 heteroatoms. The van der Waals surface area contributed by atoms with Gasteiger partial charge in [-0.15, -0.1) is 0 Å². The Morgan fingerprint density at radius 3 is 2.10 bits per heavy atom. The lowest BCUT2D eigenvalue weighted by molar-refractivity contribution is -0.130. The summed E-state index contributed by atoms with van der Waals surface area (Å²) in [5, 5.41) is 16.8. The molecule has 0 aliphatic rings. The quantitative estimate of drug-likeness (QED) is 0.203. The molecule has 2 rings (SSSR count). The predicted molar refractivity (Wildman–Crippen MR) is 116 cm³/mol. The van der Waals surface area contributed by atoms with Gasteiger partial charge in [-0.05, 0) is 55.1 Å². The van der Waals surface area contributed by atoms with Gasteiger partial charge in [-0.1, -0.05) is 18.8 Å². The topological polar surface area (TPSA) is 146 Å². The molecule has 0 aromatic heterocycles. The van der Waals surface area contributed by atoms with Gasteiger partial charge >= 0.3 is 0 Å². The largest absolute Gasteiger partial charge is 0.339 e. The Balaban J connectivity index is 1.97. The van der Waals surface area contributed by atoms with Crippen LogP contribution in [-0.4, -0.2) is 48.6 Å². The fourth-order valence-corrected chi connectivity index (χ4v) is 2.48. The molecule has 0 heterocycles. The van der Waals surface area contributed by atoms with Crippen molar-refractivity contribution in [3.8, 4) is 11.8 Å². The van der Waals surface area contributed by atoms with E-state index in [2.05, 4.69) is 27.8 Å². The molecule has 0 saturated carbocycles. The fourth-order valence-electron chi connectivity index (χ4n) is 2.48. The SMILES string of the molecule is CCNCC(=O)Nc1ccc(C#Cc2ccc(C(=O)N[C@@H](CN)C(=O)NO)cc2)cc1. The van der Waals surface area contributed by atoms with Gasteiger partial charge in [0, 0.05) is 28.9 Å². The van der Waals surface area contributed by atoms with E-state index in [9.17, 15) is 14.4 Å². The van der Waals surface area contributed by atoms with Crippen LogP contribution in [0, 0.1) is 11.8 Å². The molecular formula is C22H25N5O4. The molecule has 0 spiro atoms. The molecule has 9 nitrogen and oxygen atoms in total. The van der Waals surface area contributed by atoms with E-state index in [-0.39, 0.29) is 19.0 Å². The Kier molecular flexibility index (Phi) is 9.19. The first-order valence-corrected chi connectivity index (χ1v) is 9.64. The summed E-state index contributed by atoms with van der Waals surface area (Å²) in [7, 11) is 0. The van der Waals surface area contributed by atoms with Crippen molar-refractivity contribution in [2.45, 2.75) is 13.0 Å². The minimum Gasteiger partial charge on any atom is -0.339 e. The highest BCUT2D eigenvalue weighted by Crippen LogP contribution is 2.09. The number of nitrogens with two attached hydrogens (primary N) is 1. The third kappa shape index (κ3) is 7.56. The zero-order chi connectivity index (χ0) is 22.6. The highest BCUT2D eigenvalue weighted by Gasteiger charge is 2.19. The second-order valence-electron chi connectivity index (χ2n) is 6.47. The van der Waals surface area contributed by atoms with E-state index in [0.29, 0.717) is 16.8 Å². The molecule has 0 bridgehead atoms. The molecule has 2 aromatic carbocycles. The van der Waals surface area contributed by atoms with Gasteiger partial charge in [0.25, 0.3) is 11.8 Å². The Morgan fingerprint density at radius 1 is 1.00 bits per heavy atom. The van der Waals surface area contributed by atoms with Crippen molar-refractivity contribution in [1.29, 1.82) is 0 Å². The minimum atomic E-state index is -1.03. The Labute approximate surface area is 180 Å². The average Bonchev–Trinajstić information content (AvgIpc) is 2.80. The van der Waals surface area contributed by atoms with Crippen molar-refractivity contribution >= 4 is 23.4 Å². The number of benzene rings is 2. The average molecular weight is 423 g/mol. The van der Waals surface area contributed by atoms with E-state index in [1.54, 1.807) is 48.5 Å². The normalized spacial score (nSPS) is 10.9. The fraction of sp³-hybridized carbons (Fsp3) is 0.227. The highest BCUT2D eigenvalue weighted by molar-refractivity contribution is 5.97. The lowest BCUT2D eigenvalue weighted by Gasteiger charge is -2.14. The standard InChI is InChI=1S/C22H25N5O4/c1-2-24-14-20(28)25-18-11-7-16(8-12-18)4-3-15-5-9-17(10-6-15)21(29)26-19(13-23)22(30)27-31/h5-12,19,24,31H,2,13-14,23H2,1H3,(H,25,28)(H,26,29)(H,27,30)/t19-/m0/s1. The van der Waals surface area contributed by atoms with Crippen LogP contribution in [-0.2, 0) is 9.59 Å². The van der Waals surface area contributed by atoms with Gasteiger partial charge in [0.15, 0.2) is 0 Å². The second-order valence-corrected chi connectivity index (χ2v) is 6.47. The zero-order valence-corrected chi connectivity index (χ0v) is 17.1. The molecule has 0 fully saturated rings. The molecule has 162 valence electrons. The van der Waals surface area contributed by atoms with Crippen molar-refractivity contribution in [3.05, 3.63) is 65.2 Å². The van der Waals surface area contributed by atoms with Crippen LogP contribution in [0.4, 0.5) is 5.69 Å². The molecule has 3 amide bonds. The van der Waals surface area contributed by atoms with Crippen LogP contribution in [0.3, 0.4) is 0 Å². The zero-order valence-electron chi connectivity index (χ0n) is 17.1. The number of rotatable bonds is 8. The molecule has 0 radical (unpaired) electrons. The van der Waals surface area contributed by atoms with E-state index in [1.807, 2.05) is 6.92 Å². The van der Waals surface area contributed by atoms with E-state index in [4.69, 9.17) is 10.9 Å². The first-order valence-electron chi connectivity index (χ1n) is 9.64. The Bertz CT molecular complexity index is 962. The van der Waals surface area contributed by atoms with Gasteiger partial charge in [0.1, 0.15) is 6.04 Å². The van der Waals surface area contributed by atoms with Crippen molar-refractivity contribution in [3.63, 3.8) is 0 Å². The molecule has 7 N–H and O–H groups in total. The number of likely N-dealkylation sites (N-methyl/N-ethyl adjacent to an activating group) is 1. The van der Waals surface area contributed by atoms with Gasteiger partial charge in [0.05, 0.1) is 6.54 Å². The minimum absolute atomic E-state index is 0.111. The maximum absolute atomic E-state index is 12.2. The van der Waals surface area contributed by atoms with E-state index < -0.39 is 17.9 Å². The van der Waals surface area contributed by atoms with Crippen molar-refractivity contribution in [2.75, 3.05) is 25.0 Å². The van der Waals surface area contributed by atoms with Crippen LogP contribution in [0.1, 0.15) is 28.4 Å². The molecular weight excluding hydrogens is 398 g/mol.